The third-order valence-electron chi connectivity index (χ3n) is 2.74. The molecule has 1 aromatic carbocycles. The topological polar surface area (TPSA) is 63.7 Å². The Morgan fingerprint density at radius 1 is 1.32 bits per heavy atom. The summed E-state index contributed by atoms with van der Waals surface area (Å²) in [5.74, 6) is 1.63. The SMILES string of the molecule is CCCOc1cccc(-c2nc3ncncc3[nH]2)c1. The largest absolute Gasteiger partial charge is 0.494 e. The Labute approximate surface area is 110 Å². The lowest BCUT2D eigenvalue weighted by Crippen LogP contribution is -1.94. The molecule has 19 heavy (non-hydrogen) atoms. The first kappa shape index (κ1) is 11.6. The molecule has 0 saturated carbocycles. The van der Waals surface area contributed by atoms with E-state index in [1.807, 2.05) is 24.3 Å². The number of nitrogens with zero attached hydrogens (tertiary/aromatic N) is 3. The summed E-state index contributed by atoms with van der Waals surface area (Å²) < 4.78 is 5.62. The number of rotatable bonds is 4. The zero-order valence-electron chi connectivity index (χ0n) is 10.6. The highest BCUT2D eigenvalue weighted by atomic mass is 16.5. The molecule has 1 N–H and O–H groups in total. The van der Waals surface area contributed by atoms with Gasteiger partial charge in [0.15, 0.2) is 5.65 Å². The number of H-pyrrole nitrogens is 1. The summed E-state index contributed by atoms with van der Waals surface area (Å²) in [6.07, 6.45) is 4.20. The highest BCUT2D eigenvalue weighted by Crippen LogP contribution is 2.23. The molecule has 0 radical (unpaired) electrons. The third kappa shape index (κ3) is 2.40. The fourth-order valence-corrected chi connectivity index (χ4v) is 1.85. The van der Waals surface area contributed by atoms with Crippen molar-refractivity contribution in [3.8, 4) is 17.1 Å². The van der Waals surface area contributed by atoms with Gasteiger partial charge in [0.1, 0.15) is 23.4 Å². The first-order valence-electron chi connectivity index (χ1n) is 6.26. The van der Waals surface area contributed by atoms with Crippen LogP contribution in [0.2, 0.25) is 0 Å². The summed E-state index contributed by atoms with van der Waals surface area (Å²) in [5, 5.41) is 0. The van der Waals surface area contributed by atoms with E-state index in [-0.39, 0.29) is 0 Å². The summed E-state index contributed by atoms with van der Waals surface area (Å²) in [7, 11) is 0. The summed E-state index contributed by atoms with van der Waals surface area (Å²) in [6, 6.07) is 7.87. The minimum Gasteiger partial charge on any atom is -0.494 e. The highest BCUT2D eigenvalue weighted by Gasteiger charge is 2.06. The second-order valence-electron chi connectivity index (χ2n) is 4.22. The van der Waals surface area contributed by atoms with E-state index in [2.05, 4.69) is 26.9 Å². The number of imidazole rings is 1. The molecule has 0 fully saturated rings. The van der Waals surface area contributed by atoms with E-state index in [1.54, 1.807) is 6.20 Å². The number of fused-ring (bicyclic) bond motifs is 1. The van der Waals surface area contributed by atoms with Gasteiger partial charge in [0.2, 0.25) is 0 Å². The molecular weight excluding hydrogens is 240 g/mol. The van der Waals surface area contributed by atoms with E-state index in [1.165, 1.54) is 6.33 Å². The molecular formula is C14H14N4O. The highest BCUT2D eigenvalue weighted by molar-refractivity contribution is 5.75. The zero-order chi connectivity index (χ0) is 13.1. The molecule has 0 aliphatic heterocycles. The van der Waals surface area contributed by atoms with E-state index >= 15 is 0 Å². The summed E-state index contributed by atoms with van der Waals surface area (Å²) >= 11 is 0. The van der Waals surface area contributed by atoms with Crippen LogP contribution in [0.5, 0.6) is 5.75 Å². The molecule has 5 nitrogen and oxygen atoms in total. The van der Waals surface area contributed by atoms with Crippen LogP contribution in [0.25, 0.3) is 22.6 Å². The molecule has 0 saturated heterocycles. The van der Waals surface area contributed by atoms with E-state index in [0.717, 1.165) is 35.7 Å². The van der Waals surface area contributed by atoms with Gasteiger partial charge in [-0.05, 0) is 18.6 Å². The van der Waals surface area contributed by atoms with Gasteiger partial charge in [-0.1, -0.05) is 19.1 Å². The van der Waals surface area contributed by atoms with E-state index in [9.17, 15) is 0 Å². The molecule has 0 spiro atoms. The number of aromatic nitrogens is 4. The van der Waals surface area contributed by atoms with Gasteiger partial charge >= 0.3 is 0 Å². The molecule has 0 aliphatic rings. The van der Waals surface area contributed by atoms with Crippen molar-refractivity contribution in [1.82, 2.24) is 19.9 Å². The van der Waals surface area contributed by atoms with Crippen LogP contribution in [-0.2, 0) is 0 Å². The first-order valence-corrected chi connectivity index (χ1v) is 6.26. The van der Waals surface area contributed by atoms with Crippen molar-refractivity contribution in [2.75, 3.05) is 6.61 Å². The van der Waals surface area contributed by atoms with Crippen molar-refractivity contribution in [2.24, 2.45) is 0 Å². The van der Waals surface area contributed by atoms with Gasteiger partial charge in [0.25, 0.3) is 0 Å². The molecule has 96 valence electrons. The smallest absolute Gasteiger partial charge is 0.181 e. The molecule has 2 aromatic heterocycles. The Bertz CT molecular complexity index is 659. The molecule has 0 atom stereocenters. The average Bonchev–Trinajstić information content (AvgIpc) is 2.89. The van der Waals surface area contributed by atoms with Gasteiger partial charge in [-0.25, -0.2) is 15.0 Å². The Morgan fingerprint density at radius 3 is 3.11 bits per heavy atom. The summed E-state index contributed by atoms with van der Waals surface area (Å²) in [4.78, 5) is 15.7. The Morgan fingerprint density at radius 2 is 2.26 bits per heavy atom. The quantitative estimate of drug-likeness (QED) is 0.777. The number of hydrogen-bond donors (Lipinski definition) is 1. The van der Waals surface area contributed by atoms with Crippen LogP contribution >= 0.6 is 0 Å². The Balaban J connectivity index is 1.96. The van der Waals surface area contributed by atoms with Gasteiger partial charge in [-0.15, -0.1) is 0 Å². The van der Waals surface area contributed by atoms with E-state index in [4.69, 9.17) is 4.74 Å². The number of hydrogen-bond acceptors (Lipinski definition) is 4. The van der Waals surface area contributed by atoms with Gasteiger partial charge in [0, 0.05) is 5.56 Å². The normalized spacial score (nSPS) is 10.8. The standard InChI is InChI=1S/C14H14N4O/c1-2-6-19-11-5-3-4-10(7-11)13-17-12-8-15-9-16-14(12)18-13/h3-5,7-9H,2,6H2,1H3,(H,15,16,17,18). The van der Waals surface area contributed by atoms with Crippen LogP contribution in [0.1, 0.15) is 13.3 Å². The van der Waals surface area contributed by atoms with Crippen molar-refractivity contribution in [2.45, 2.75) is 13.3 Å². The minimum atomic E-state index is 0.671. The predicted octanol–water partition coefficient (Wildman–Crippen LogP) is 2.81. The van der Waals surface area contributed by atoms with Crippen molar-refractivity contribution >= 4 is 11.2 Å². The third-order valence-corrected chi connectivity index (χ3v) is 2.74. The second-order valence-corrected chi connectivity index (χ2v) is 4.22. The summed E-state index contributed by atoms with van der Waals surface area (Å²) in [6.45, 7) is 2.80. The maximum Gasteiger partial charge on any atom is 0.181 e. The molecule has 3 rings (SSSR count). The van der Waals surface area contributed by atoms with Crippen molar-refractivity contribution in [3.05, 3.63) is 36.8 Å². The monoisotopic (exact) mass is 254 g/mol. The molecule has 2 heterocycles. The van der Waals surface area contributed by atoms with Crippen LogP contribution < -0.4 is 4.74 Å². The molecule has 0 bridgehead atoms. The van der Waals surface area contributed by atoms with Crippen molar-refractivity contribution in [1.29, 1.82) is 0 Å². The average molecular weight is 254 g/mol. The molecule has 0 aliphatic carbocycles. The van der Waals surface area contributed by atoms with E-state index in [0.29, 0.717) is 5.65 Å². The van der Waals surface area contributed by atoms with Crippen LogP contribution in [0, 0.1) is 0 Å². The lowest BCUT2D eigenvalue weighted by atomic mass is 10.2. The number of aromatic amines is 1. The van der Waals surface area contributed by atoms with Gasteiger partial charge < -0.3 is 9.72 Å². The fourth-order valence-electron chi connectivity index (χ4n) is 1.85. The maximum atomic E-state index is 5.62. The van der Waals surface area contributed by atoms with Crippen molar-refractivity contribution < 1.29 is 4.74 Å². The van der Waals surface area contributed by atoms with Crippen molar-refractivity contribution in [3.63, 3.8) is 0 Å². The van der Waals surface area contributed by atoms with Crippen LogP contribution in [0.3, 0.4) is 0 Å². The minimum absolute atomic E-state index is 0.671. The first-order chi connectivity index (χ1) is 9.36. The molecule has 0 unspecified atom stereocenters. The predicted molar refractivity (Wildman–Crippen MR) is 72.9 cm³/mol. The molecule has 5 heteroatoms. The van der Waals surface area contributed by atoms with Gasteiger partial charge in [-0.2, -0.15) is 0 Å². The van der Waals surface area contributed by atoms with Crippen LogP contribution in [-0.4, -0.2) is 26.5 Å². The van der Waals surface area contributed by atoms with E-state index < -0.39 is 0 Å². The fraction of sp³-hybridized carbons (Fsp3) is 0.214. The lowest BCUT2D eigenvalue weighted by molar-refractivity contribution is 0.317. The van der Waals surface area contributed by atoms with Gasteiger partial charge in [-0.3, -0.25) is 0 Å². The number of nitrogens with one attached hydrogen (secondary N) is 1. The number of benzene rings is 1. The maximum absolute atomic E-state index is 5.62. The zero-order valence-corrected chi connectivity index (χ0v) is 10.6. The Hall–Kier alpha value is -2.43. The number of ether oxygens (including phenoxy) is 1. The van der Waals surface area contributed by atoms with Gasteiger partial charge in [0.05, 0.1) is 12.8 Å². The lowest BCUT2D eigenvalue weighted by Gasteiger charge is -2.05. The summed E-state index contributed by atoms with van der Waals surface area (Å²) in [5.41, 5.74) is 2.48. The van der Waals surface area contributed by atoms with Crippen LogP contribution in [0.15, 0.2) is 36.8 Å². The second kappa shape index (κ2) is 5.06. The molecule has 3 aromatic rings. The van der Waals surface area contributed by atoms with Crippen LogP contribution in [0.4, 0.5) is 0 Å². The Kier molecular flexibility index (Phi) is 3.10. The molecule has 0 amide bonds.